The van der Waals surface area contributed by atoms with Crippen LogP contribution in [0.25, 0.3) is 0 Å². The highest BCUT2D eigenvalue weighted by Crippen LogP contribution is 2.24. The monoisotopic (exact) mass is 341 g/mol. The quantitative estimate of drug-likeness (QED) is 0.771. The van der Waals surface area contributed by atoms with E-state index >= 15 is 0 Å². The Morgan fingerprint density at radius 1 is 1.45 bits per heavy atom. The molecule has 0 aromatic carbocycles. The summed E-state index contributed by atoms with van der Waals surface area (Å²) in [5.41, 5.74) is 1.70. The van der Waals surface area contributed by atoms with Gasteiger partial charge in [0.2, 0.25) is 0 Å². The number of nitrogens with zero attached hydrogens (tertiary/aromatic N) is 3. The van der Waals surface area contributed by atoms with Crippen molar-refractivity contribution >= 4 is 21.8 Å². The Hall–Kier alpha value is -0.840. The number of rotatable bonds is 5. The maximum Gasteiger partial charge on any atom is 0.272 e. The number of carbonyl (C=O) groups excluding carboxylic acids is 1. The summed E-state index contributed by atoms with van der Waals surface area (Å²) in [7, 11) is 1.86. The van der Waals surface area contributed by atoms with Crippen LogP contribution in [0.2, 0.25) is 0 Å². The zero-order valence-corrected chi connectivity index (χ0v) is 14.0. The molecule has 0 bridgehead atoms. The summed E-state index contributed by atoms with van der Waals surface area (Å²) in [6.07, 6.45) is 6.92. The lowest BCUT2D eigenvalue weighted by Crippen LogP contribution is -2.43. The number of carbonyl (C=O) groups is 1. The Balaban J connectivity index is 2.18. The van der Waals surface area contributed by atoms with Gasteiger partial charge in [-0.2, -0.15) is 5.10 Å². The Morgan fingerprint density at radius 3 is 2.70 bits per heavy atom. The van der Waals surface area contributed by atoms with Gasteiger partial charge in [0.15, 0.2) is 0 Å². The van der Waals surface area contributed by atoms with Crippen LogP contribution in [0.15, 0.2) is 6.07 Å². The summed E-state index contributed by atoms with van der Waals surface area (Å²) < 4.78 is 1.73. The number of hydrogen-bond donors (Lipinski definition) is 0. The molecule has 0 unspecified atom stereocenters. The number of hydrogen-bond acceptors (Lipinski definition) is 2. The van der Waals surface area contributed by atoms with Crippen LogP contribution < -0.4 is 0 Å². The molecule has 0 N–H and O–H groups in total. The smallest absolute Gasteiger partial charge is 0.272 e. The molecule has 1 saturated carbocycles. The van der Waals surface area contributed by atoms with Crippen LogP contribution in [0.3, 0.4) is 0 Å². The molecule has 0 aliphatic heterocycles. The fourth-order valence-electron chi connectivity index (χ4n) is 2.98. The van der Waals surface area contributed by atoms with E-state index in [2.05, 4.69) is 28.0 Å². The Labute approximate surface area is 129 Å². The molecule has 0 saturated heterocycles. The van der Waals surface area contributed by atoms with Gasteiger partial charge in [-0.15, -0.1) is 0 Å². The molecule has 4 nitrogen and oxygen atoms in total. The van der Waals surface area contributed by atoms with E-state index in [-0.39, 0.29) is 5.91 Å². The number of amides is 1. The SMILES string of the molecule is CCc1cc(C(=O)N(CCBr)C2CCCCC2)n(C)n1. The Bertz CT molecular complexity index is 452. The van der Waals surface area contributed by atoms with Crippen LogP contribution in [0.5, 0.6) is 0 Å². The lowest BCUT2D eigenvalue weighted by Gasteiger charge is -2.34. The number of aryl methyl sites for hydroxylation is 2. The van der Waals surface area contributed by atoms with Crippen molar-refractivity contribution < 1.29 is 4.79 Å². The predicted molar refractivity (Wildman–Crippen MR) is 84.3 cm³/mol. The van der Waals surface area contributed by atoms with Gasteiger partial charge in [0, 0.05) is 25.0 Å². The molecule has 112 valence electrons. The number of halogens is 1. The molecule has 1 aliphatic carbocycles. The third kappa shape index (κ3) is 3.43. The van der Waals surface area contributed by atoms with Crippen molar-refractivity contribution in [2.24, 2.45) is 7.05 Å². The van der Waals surface area contributed by atoms with E-state index in [1.807, 2.05) is 18.0 Å². The van der Waals surface area contributed by atoms with Crippen molar-refractivity contribution in [3.05, 3.63) is 17.5 Å². The second kappa shape index (κ2) is 7.25. The average Bonchev–Trinajstić information content (AvgIpc) is 2.86. The van der Waals surface area contributed by atoms with Crippen LogP contribution in [0, 0.1) is 0 Å². The molecule has 1 aromatic heterocycles. The van der Waals surface area contributed by atoms with Crippen LogP contribution >= 0.6 is 15.9 Å². The average molecular weight is 342 g/mol. The predicted octanol–water partition coefficient (Wildman–Crippen LogP) is 3.15. The summed E-state index contributed by atoms with van der Waals surface area (Å²) in [4.78, 5) is 14.9. The lowest BCUT2D eigenvalue weighted by molar-refractivity contribution is 0.0640. The first-order chi connectivity index (χ1) is 9.67. The summed E-state index contributed by atoms with van der Waals surface area (Å²) in [6.45, 7) is 2.84. The van der Waals surface area contributed by atoms with E-state index in [1.165, 1.54) is 19.3 Å². The van der Waals surface area contributed by atoms with E-state index in [0.717, 1.165) is 36.8 Å². The second-order valence-electron chi connectivity index (χ2n) is 5.48. The molecule has 5 heteroatoms. The van der Waals surface area contributed by atoms with Gasteiger partial charge < -0.3 is 4.90 Å². The van der Waals surface area contributed by atoms with Gasteiger partial charge in [0.1, 0.15) is 5.69 Å². The second-order valence-corrected chi connectivity index (χ2v) is 6.27. The highest BCUT2D eigenvalue weighted by atomic mass is 79.9. The molecule has 1 aliphatic rings. The van der Waals surface area contributed by atoms with Gasteiger partial charge in [-0.05, 0) is 25.3 Å². The molecule has 1 fully saturated rings. The van der Waals surface area contributed by atoms with Crippen LogP contribution in [0.1, 0.15) is 55.2 Å². The molecular formula is C15H24BrN3O. The molecular weight excluding hydrogens is 318 g/mol. The van der Waals surface area contributed by atoms with Crippen molar-refractivity contribution in [1.82, 2.24) is 14.7 Å². The van der Waals surface area contributed by atoms with E-state index < -0.39 is 0 Å². The van der Waals surface area contributed by atoms with Gasteiger partial charge in [-0.3, -0.25) is 9.48 Å². The van der Waals surface area contributed by atoms with Crippen molar-refractivity contribution in [2.45, 2.75) is 51.5 Å². The Morgan fingerprint density at radius 2 is 2.15 bits per heavy atom. The maximum absolute atomic E-state index is 12.8. The van der Waals surface area contributed by atoms with Crippen LogP contribution in [-0.4, -0.2) is 38.5 Å². The largest absolute Gasteiger partial charge is 0.334 e. The van der Waals surface area contributed by atoms with Crippen molar-refractivity contribution in [2.75, 3.05) is 11.9 Å². The van der Waals surface area contributed by atoms with Gasteiger partial charge in [0.05, 0.1) is 5.69 Å². The lowest BCUT2D eigenvalue weighted by atomic mass is 9.94. The van der Waals surface area contributed by atoms with Crippen LogP contribution in [0.4, 0.5) is 0 Å². The fourth-order valence-corrected chi connectivity index (χ4v) is 3.36. The van der Waals surface area contributed by atoms with Crippen molar-refractivity contribution in [3.8, 4) is 0 Å². The van der Waals surface area contributed by atoms with Crippen LogP contribution in [-0.2, 0) is 13.5 Å². The van der Waals surface area contributed by atoms with Crippen molar-refractivity contribution in [3.63, 3.8) is 0 Å². The van der Waals surface area contributed by atoms with E-state index in [0.29, 0.717) is 11.7 Å². The first-order valence-corrected chi connectivity index (χ1v) is 8.69. The molecule has 1 amide bonds. The minimum absolute atomic E-state index is 0.131. The molecule has 0 spiro atoms. The fraction of sp³-hybridized carbons (Fsp3) is 0.733. The van der Waals surface area contributed by atoms with Gasteiger partial charge in [-0.25, -0.2) is 0 Å². The minimum atomic E-state index is 0.131. The van der Waals surface area contributed by atoms with Gasteiger partial charge >= 0.3 is 0 Å². The first-order valence-electron chi connectivity index (χ1n) is 7.57. The highest BCUT2D eigenvalue weighted by Gasteiger charge is 2.27. The van der Waals surface area contributed by atoms with Crippen molar-refractivity contribution in [1.29, 1.82) is 0 Å². The van der Waals surface area contributed by atoms with Gasteiger partial charge in [-0.1, -0.05) is 42.1 Å². The summed E-state index contributed by atoms with van der Waals surface area (Å²) >= 11 is 3.48. The Kier molecular flexibility index (Phi) is 5.64. The normalized spacial score (nSPS) is 16.4. The van der Waals surface area contributed by atoms with E-state index in [1.54, 1.807) is 4.68 Å². The molecule has 2 rings (SSSR count). The summed E-state index contributed by atoms with van der Waals surface area (Å²) in [5, 5.41) is 5.22. The number of aromatic nitrogens is 2. The highest BCUT2D eigenvalue weighted by molar-refractivity contribution is 9.09. The van der Waals surface area contributed by atoms with E-state index in [4.69, 9.17) is 0 Å². The molecule has 1 aromatic rings. The molecule has 0 atom stereocenters. The topological polar surface area (TPSA) is 38.1 Å². The third-order valence-electron chi connectivity index (χ3n) is 4.11. The first kappa shape index (κ1) is 15.5. The molecule has 1 heterocycles. The molecule has 20 heavy (non-hydrogen) atoms. The zero-order chi connectivity index (χ0) is 14.5. The van der Waals surface area contributed by atoms with Gasteiger partial charge in [0.25, 0.3) is 5.91 Å². The number of alkyl halides is 1. The maximum atomic E-state index is 12.8. The standard InChI is InChI=1S/C15H24BrN3O/c1-3-12-11-14(18(2)17-12)15(20)19(10-9-16)13-7-5-4-6-8-13/h11,13H,3-10H2,1-2H3. The molecule has 0 radical (unpaired) electrons. The van der Waals surface area contributed by atoms with E-state index in [9.17, 15) is 4.79 Å². The minimum Gasteiger partial charge on any atom is -0.334 e. The zero-order valence-electron chi connectivity index (χ0n) is 12.4. The summed E-state index contributed by atoms with van der Waals surface area (Å²) in [5.74, 6) is 0.131. The third-order valence-corrected chi connectivity index (χ3v) is 4.47. The summed E-state index contributed by atoms with van der Waals surface area (Å²) in [6, 6.07) is 2.33.